The minimum Gasteiger partial charge on any atom is -0.370 e. The number of carbonyl (C=O) groups is 1. The van der Waals surface area contributed by atoms with Crippen molar-refractivity contribution >= 4 is 34.8 Å². The zero-order valence-corrected chi connectivity index (χ0v) is 19.1. The van der Waals surface area contributed by atoms with Crippen LogP contribution in [0.4, 0.5) is 5.69 Å². The maximum atomic E-state index is 13.2. The van der Waals surface area contributed by atoms with Gasteiger partial charge in [0.2, 0.25) is 5.82 Å². The van der Waals surface area contributed by atoms with Gasteiger partial charge in [-0.1, -0.05) is 36.2 Å². The lowest BCUT2D eigenvalue weighted by Gasteiger charge is -2.23. The molecule has 1 aromatic heterocycles. The molecule has 164 valence electrons. The normalized spacial score (nSPS) is 14.2. The van der Waals surface area contributed by atoms with E-state index in [0.29, 0.717) is 53.2 Å². The van der Waals surface area contributed by atoms with Crippen LogP contribution in [0.5, 0.6) is 0 Å². The number of hydrogen-bond acceptors (Lipinski definition) is 5. The Balaban J connectivity index is 1.53. The fourth-order valence-corrected chi connectivity index (χ4v) is 4.36. The molecule has 0 aliphatic carbocycles. The Kier molecular flexibility index (Phi) is 6.63. The molecule has 0 spiro atoms. The molecule has 4 rings (SSSR count). The molecule has 0 atom stereocenters. The van der Waals surface area contributed by atoms with Crippen molar-refractivity contribution < 1.29 is 4.79 Å². The third-order valence-electron chi connectivity index (χ3n) is 5.48. The van der Waals surface area contributed by atoms with Crippen molar-refractivity contribution in [3.05, 3.63) is 69.7 Å². The highest BCUT2D eigenvalue weighted by Crippen LogP contribution is 2.29. The summed E-state index contributed by atoms with van der Waals surface area (Å²) in [6.07, 6.45) is 1.40. The highest BCUT2D eigenvalue weighted by atomic mass is 35.5. The van der Waals surface area contributed by atoms with Crippen molar-refractivity contribution in [2.24, 2.45) is 0 Å². The highest BCUT2D eigenvalue weighted by molar-refractivity contribution is 6.37. The quantitative estimate of drug-likeness (QED) is 0.568. The van der Waals surface area contributed by atoms with E-state index < -0.39 is 0 Å². The molecule has 0 saturated carbocycles. The SMILES string of the molecule is CCc1nc(C(=O)N2CCCN(c3ccc(C#N)cc3)CC2)nn1-c1c(Cl)cccc1Cl. The van der Waals surface area contributed by atoms with Gasteiger partial charge in [0, 0.05) is 38.3 Å². The van der Waals surface area contributed by atoms with Crippen molar-refractivity contribution in [1.82, 2.24) is 19.7 Å². The highest BCUT2D eigenvalue weighted by Gasteiger charge is 2.26. The number of hydrogen-bond donors (Lipinski definition) is 0. The molecule has 1 aliphatic rings. The molecule has 1 saturated heterocycles. The first-order valence-electron chi connectivity index (χ1n) is 10.5. The Morgan fingerprint density at radius 1 is 1.06 bits per heavy atom. The molecule has 32 heavy (non-hydrogen) atoms. The standard InChI is InChI=1S/C23H22Cl2N6O/c1-2-20-27-22(28-31(20)21-18(24)5-3-6-19(21)25)23(32)30-12-4-11-29(13-14-30)17-9-7-16(15-26)8-10-17/h3,5-10H,2,4,11-14H2,1H3. The summed E-state index contributed by atoms with van der Waals surface area (Å²) in [4.78, 5) is 21.7. The van der Waals surface area contributed by atoms with Crippen LogP contribution in [0.25, 0.3) is 5.69 Å². The fraction of sp³-hybridized carbons (Fsp3) is 0.304. The number of aryl methyl sites for hydroxylation is 1. The second-order valence-corrected chi connectivity index (χ2v) is 8.29. The lowest BCUT2D eigenvalue weighted by atomic mass is 10.2. The molecular formula is C23H22Cl2N6O. The van der Waals surface area contributed by atoms with Crippen LogP contribution >= 0.6 is 23.2 Å². The first kappa shape index (κ1) is 22.1. The Morgan fingerprint density at radius 2 is 1.78 bits per heavy atom. The third-order valence-corrected chi connectivity index (χ3v) is 6.09. The maximum absolute atomic E-state index is 13.2. The Labute approximate surface area is 196 Å². The summed E-state index contributed by atoms with van der Waals surface area (Å²) >= 11 is 12.7. The van der Waals surface area contributed by atoms with Crippen molar-refractivity contribution in [3.8, 4) is 11.8 Å². The summed E-state index contributed by atoms with van der Waals surface area (Å²) in [5.41, 5.74) is 2.21. The zero-order chi connectivity index (χ0) is 22.7. The van der Waals surface area contributed by atoms with Gasteiger partial charge in [-0.25, -0.2) is 9.67 Å². The van der Waals surface area contributed by atoms with Crippen LogP contribution in [0.15, 0.2) is 42.5 Å². The van der Waals surface area contributed by atoms with Crippen molar-refractivity contribution in [3.63, 3.8) is 0 Å². The number of rotatable bonds is 4. The van der Waals surface area contributed by atoms with E-state index in [-0.39, 0.29) is 11.7 Å². The zero-order valence-electron chi connectivity index (χ0n) is 17.6. The molecule has 1 amide bonds. The number of nitrogens with zero attached hydrogens (tertiary/aromatic N) is 6. The minimum atomic E-state index is -0.205. The molecule has 0 radical (unpaired) electrons. The van der Waals surface area contributed by atoms with E-state index in [1.165, 1.54) is 0 Å². The summed E-state index contributed by atoms with van der Waals surface area (Å²) < 4.78 is 1.57. The van der Waals surface area contributed by atoms with Gasteiger partial charge in [-0.3, -0.25) is 4.79 Å². The molecule has 2 aromatic carbocycles. The van der Waals surface area contributed by atoms with Crippen LogP contribution in [0.3, 0.4) is 0 Å². The van der Waals surface area contributed by atoms with Crippen molar-refractivity contribution in [2.75, 3.05) is 31.1 Å². The monoisotopic (exact) mass is 468 g/mol. The third kappa shape index (κ3) is 4.43. The van der Waals surface area contributed by atoms with Gasteiger partial charge in [0.15, 0.2) is 0 Å². The van der Waals surface area contributed by atoms with Gasteiger partial charge in [-0.2, -0.15) is 5.26 Å². The molecule has 3 aromatic rings. The van der Waals surface area contributed by atoms with Crippen LogP contribution in [0, 0.1) is 11.3 Å². The summed E-state index contributed by atoms with van der Waals surface area (Å²) in [6.45, 7) is 4.64. The van der Waals surface area contributed by atoms with E-state index in [9.17, 15) is 4.79 Å². The largest absolute Gasteiger partial charge is 0.370 e. The number of halogens is 2. The van der Waals surface area contributed by atoms with E-state index in [2.05, 4.69) is 21.1 Å². The Morgan fingerprint density at radius 3 is 2.44 bits per heavy atom. The average molecular weight is 469 g/mol. The van der Waals surface area contributed by atoms with Gasteiger partial charge in [0.05, 0.1) is 21.7 Å². The number of amides is 1. The lowest BCUT2D eigenvalue weighted by molar-refractivity contribution is 0.0755. The fourth-order valence-electron chi connectivity index (χ4n) is 3.80. The smallest absolute Gasteiger partial charge is 0.293 e. The van der Waals surface area contributed by atoms with E-state index >= 15 is 0 Å². The number of carbonyl (C=O) groups excluding carboxylic acids is 1. The Bertz CT molecular complexity index is 1150. The first-order chi connectivity index (χ1) is 15.5. The van der Waals surface area contributed by atoms with Crippen LogP contribution in [-0.2, 0) is 6.42 Å². The second kappa shape index (κ2) is 9.60. The predicted octanol–water partition coefficient (Wildman–Crippen LogP) is 4.36. The van der Waals surface area contributed by atoms with Gasteiger partial charge in [0.1, 0.15) is 11.5 Å². The summed E-state index contributed by atoms with van der Waals surface area (Å²) in [7, 11) is 0. The minimum absolute atomic E-state index is 0.143. The van der Waals surface area contributed by atoms with Gasteiger partial charge < -0.3 is 9.80 Å². The molecule has 9 heteroatoms. The first-order valence-corrected chi connectivity index (χ1v) is 11.2. The summed E-state index contributed by atoms with van der Waals surface area (Å²) in [5.74, 6) is 0.561. The topological polar surface area (TPSA) is 78.1 Å². The van der Waals surface area contributed by atoms with Crippen LogP contribution in [-0.4, -0.2) is 51.8 Å². The van der Waals surface area contributed by atoms with E-state index in [0.717, 1.165) is 18.7 Å². The average Bonchev–Trinajstić information content (AvgIpc) is 3.07. The van der Waals surface area contributed by atoms with Crippen LogP contribution in [0.2, 0.25) is 10.0 Å². The summed E-state index contributed by atoms with van der Waals surface area (Å²) in [6, 6.07) is 14.9. The molecule has 1 fully saturated rings. The number of aromatic nitrogens is 3. The second-order valence-electron chi connectivity index (χ2n) is 7.48. The molecule has 2 heterocycles. The molecule has 7 nitrogen and oxygen atoms in total. The number of benzene rings is 2. The van der Waals surface area contributed by atoms with E-state index in [1.807, 2.05) is 31.2 Å². The van der Waals surface area contributed by atoms with Gasteiger partial charge in [0.25, 0.3) is 5.91 Å². The van der Waals surface area contributed by atoms with Gasteiger partial charge in [-0.05, 0) is 42.8 Å². The molecule has 0 unspecified atom stereocenters. The predicted molar refractivity (Wildman–Crippen MR) is 125 cm³/mol. The van der Waals surface area contributed by atoms with E-state index in [4.69, 9.17) is 28.5 Å². The molecule has 0 N–H and O–H groups in total. The lowest BCUT2D eigenvalue weighted by Crippen LogP contribution is -2.35. The Hall–Kier alpha value is -3.08. The molecule has 0 bridgehead atoms. The maximum Gasteiger partial charge on any atom is 0.293 e. The molecule has 1 aliphatic heterocycles. The van der Waals surface area contributed by atoms with Crippen molar-refractivity contribution in [2.45, 2.75) is 19.8 Å². The molecular weight excluding hydrogens is 447 g/mol. The van der Waals surface area contributed by atoms with E-state index in [1.54, 1.807) is 27.8 Å². The number of anilines is 1. The van der Waals surface area contributed by atoms with Gasteiger partial charge >= 0.3 is 0 Å². The van der Waals surface area contributed by atoms with Gasteiger partial charge in [-0.15, -0.1) is 5.10 Å². The summed E-state index contributed by atoms with van der Waals surface area (Å²) in [5, 5.41) is 14.4. The van der Waals surface area contributed by atoms with Crippen LogP contribution < -0.4 is 4.90 Å². The van der Waals surface area contributed by atoms with Crippen LogP contribution in [0.1, 0.15) is 35.4 Å². The van der Waals surface area contributed by atoms with Crippen molar-refractivity contribution in [1.29, 1.82) is 5.26 Å². The number of nitriles is 1. The number of para-hydroxylation sites is 1.